The van der Waals surface area contributed by atoms with Crippen molar-refractivity contribution < 1.29 is 0 Å². The summed E-state index contributed by atoms with van der Waals surface area (Å²) in [7, 11) is 0. The zero-order valence-electron chi connectivity index (χ0n) is 12.2. The van der Waals surface area contributed by atoms with E-state index in [1.165, 1.54) is 47.9 Å². The van der Waals surface area contributed by atoms with Gasteiger partial charge in [0.25, 0.3) is 0 Å². The molecule has 104 valence electrons. The van der Waals surface area contributed by atoms with Crippen molar-refractivity contribution in [3.63, 3.8) is 0 Å². The number of fused-ring (bicyclic) bond motifs is 1. The van der Waals surface area contributed by atoms with Gasteiger partial charge in [0.05, 0.1) is 4.83 Å². The van der Waals surface area contributed by atoms with Gasteiger partial charge in [-0.2, -0.15) is 0 Å². The Bertz CT molecular complexity index is 628. The van der Waals surface area contributed by atoms with Crippen molar-refractivity contribution in [2.24, 2.45) is 0 Å². The van der Waals surface area contributed by atoms with E-state index in [0.717, 1.165) is 0 Å². The SMILES string of the molecule is Cc1ccc(C(Br)c2ccc3c(c2)CCCC3)c(C)c1. The maximum atomic E-state index is 3.90. The minimum absolute atomic E-state index is 0.301. The number of benzene rings is 2. The van der Waals surface area contributed by atoms with E-state index in [2.05, 4.69) is 66.2 Å². The van der Waals surface area contributed by atoms with Gasteiger partial charge in [-0.1, -0.05) is 57.9 Å². The lowest BCUT2D eigenvalue weighted by atomic mass is 9.89. The minimum atomic E-state index is 0.301. The summed E-state index contributed by atoms with van der Waals surface area (Å²) in [6.07, 6.45) is 5.19. The molecule has 1 aliphatic rings. The summed E-state index contributed by atoms with van der Waals surface area (Å²) in [6.45, 7) is 4.36. The van der Waals surface area contributed by atoms with Gasteiger partial charge in [0.1, 0.15) is 0 Å². The fourth-order valence-electron chi connectivity index (χ4n) is 3.20. The highest BCUT2D eigenvalue weighted by Crippen LogP contribution is 2.35. The Morgan fingerprint density at radius 2 is 1.65 bits per heavy atom. The topological polar surface area (TPSA) is 0 Å². The van der Waals surface area contributed by atoms with Crippen LogP contribution < -0.4 is 0 Å². The standard InChI is InChI=1S/C19H21Br/c1-13-7-10-18(14(2)11-13)19(20)17-9-8-15-5-3-4-6-16(15)12-17/h7-12,19H,3-6H2,1-2H3. The molecule has 1 unspecified atom stereocenters. The van der Waals surface area contributed by atoms with Crippen LogP contribution in [0, 0.1) is 13.8 Å². The smallest absolute Gasteiger partial charge is 0.0647 e. The molecule has 2 aromatic carbocycles. The Kier molecular flexibility index (Phi) is 3.98. The molecule has 0 nitrogen and oxygen atoms in total. The molecule has 0 saturated heterocycles. The van der Waals surface area contributed by atoms with Crippen molar-refractivity contribution in [3.05, 3.63) is 69.8 Å². The fraction of sp³-hybridized carbons (Fsp3) is 0.368. The van der Waals surface area contributed by atoms with E-state index in [1.54, 1.807) is 11.1 Å². The number of hydrogen-bond acceptors (Lipinski definition) is 0. The van der Waals surface area contributed by atoms with Crippen molar-refractivity contribution in [2.45, 2.75) is 44.4 Å². The molecule has 0 amide bonds. The van der Waals surface area contributed by atoms with Gasteiger partial charge in [-0.05, 0) is 67.3 Å². The van der Waals surface area contributed by atoms with Crippen LogP contribution in [0.5, 0.6) is 0 Å². The normalized spacial score (nSPS) is 15.8. The highest BCUT2D eigenvalue weighted by Gasteiger charge is 2.16. The second kappa shape index (κ2) is 5.73. The summed E-state index contributed by atoms with van der Waals surface area (Å²) in [5.74, 6) is 0. The van der Waals surface area contributed by atoms with E-state index in [9.17, 15) is 0 Å². The van der Waals surface area contributed by atoms with Gasteiger partial charge in [0.15, 0.2) is 0 Å². The highest BCUT2D eigenvalue weighted by molar-refractivity contribution is 9.09. The van der Waals surface area contributed by atoms with Crippen LogP contribution in [0.25, 0.3) is 0 Å². The van der Waals surface area contributed by atoms with Gasteiger partial charge in [0.2, 0.25) is 0 Å². The number of alkyl halides is 1. The second-order valence-corrected chi connectivity index (χ2v) is 6.87. The average Bonchev–Trinajstić information content (AvgIpc) is 2.46. The van der Waals surface area contributed by atoms with Crippen molar-refractivity contribution >= 4 is 15.9 Å². The third kappa shape index (κ3) is 2.69. The van der Waals surface area contributed by atoms with Crippen molar-refractivity contribution in [1.82, 2.24) is 0 Å². The molecule has 3 rings (SSSR count). The van der Waals surface area contributed by atoms with Crippen LogP contribution >= 0.6 is 15.9 Å². The van der Waals surface area contributed by atoms with Crippen LogP contribution in [0.2, 0.25) is 0 Å². The summed E-state index contributed by atoms with van der Waals surface area (Å²) in [4.78, 5) is 0.301. The van der Waals surface area contributed by atoms with Crippen LogP contribution in [0.1, 0.15) is 51.0 Å². The Hall–Kier alpha value is -1.08. The molecule has 0 heterocycles. The Balaban J connectivity index is 1.95. The third-order valence-electron chi connectivity index (χ3n) is 4.36. The quantitative estimate of drug-likeness (QED) is 0.623. The van der Waals surface area contributed by atoms with Crippen LogP contribution in [-0.4, -0.2) is 0 Å². The fourth-order valence-corrected chi connectivity index (χ4v) is 4.00. The monoisotopic (exact) mass is 328 g/mol. The van der Waals surface area contributed by atoms with Gasteiger partial charge in [0, 0.05) is 0 Å². The zero-order chi connectivity index (χ0) is 14.1. The summed E-state index contributed by atoms with van der Waals surface area (Å²) < 4.78 is 0. The van der Waals surface area contributed by atoms with Gasteiger partial charge in [-0.15, -0.1) is 0 Å². The first-order valence-corrected chi connectivity index (χ1v) is 8.39. The molecule has 1 atom stereocenters. The van der Waals surface area contributed by atoms with Crippen molar-refractivity contribution in [1.29, 1.82) is 0 Å². The van der Waals surface area contributed by atoms with Gasteiger partial charge < -0.3 is 0 Å². The molecule has 0 aromatic heterocycles. The summed E-state index contributed by atoms with van der Waals surface area (Å²) in [5, 5.41) is 0. The first-order valence-electron chi connectivity index (χ1n) is 7.48. The second-order valence-electron chi connectivity index (χ2n) is 5.96. The molecule has 1 aliphatic carbocycles. The molecule has 0 fully saturated rings. The molecular weight excluding hydrogens is 308 g/mol. The minimum Gasteiger partial charge on any atom is -0.0786 e. The first kappa shape index (κ1) is 13.9. The maximum Gasteiger partial charge on any atom is 0.0647 e. The molecule has 0 aliphatic heterocycles. The number of halogens is 1. The zero-order valence-corrected chi connectivity index (χ0v) is 13.8. The maximum absolute atomic E-state index is 3.90. The molecule has 0 N–H and O–H groups in total. The Morgan fingerprint density at radius 3 is 2.40 bits per heavy atom. The first-order chi connectivity index (χ1) is 9.65. The average molecular weight is 329 g/mol. The van der Waals surface area contributed by atoms with E-state index >= 15 is 0 Å². The Labute approximate surface area is 130 Å². The molecule has 0 bridgehead atoms. The van der Waals surface area contributed by atoms with E-state index < -0.39 is 0 Å². The predicted octanol–water partition coefficient (Wildman–Crippen LogP) is 5.67. The third-order valence-corrected chi connectivity index (χ3v) is 5.39. The molecule has 0 radical (unpaired) electrons. The lowest BCUT2D eigenvalue weighted by molar-refractivity contribution is 0.684. The van der Waals surface area contributed by atoms with Gasteiger partial charge in [-0.3, -0.25) is 0 Å². The van der Waals surface area contributed by atoms with Crippen molar-refractivity contribution in [2.75, 3.05) is 0 Å². The Morgan fingerprint density at radius 1 is 0.900 bits per heavy atom. The summed E-state index contributed by atoms with van der Waals surface area (Å²) in [5.41, 5.74) is 8.58. The van der Waals surface area contributed by atoms with Crippen LogP contribution in [0.15, 0.2) is 36.4 Å². The number of aryl methyl sites for hydroxylation is 4. The number of hydrogen-bond donors (Lipinski definition) is 0. The molecule has 0 saturated carbocycles. The van der Waals surface area contributed by atoms with E-state index in [-0.39, 0.29) is 0 Å². The molecule has 0 spiro atoms. The van der Waals surface area contributed by atoms with Crippen LogP contribution in [-0.2, 0) is 12.8 Å². The van der Waals surface area contributed by atoms with Crippen LogP contribution in [0.4, 0.5) is 0 Å². The molecule has 1 heteroatoms. The highest BCUT2D eigenvalue weighted by atomic mass is 79.9. The van der Waals surface area contributed by atoms with Gasteiger partial charge >= 0.3 is 0 Å². The molecule has 2 aromatic rings. The largest absolute Gasteiger partial charge is 0.0786 e. The van der Waals surface area contributed by atoms with Gasteiger partial charge in [-0.25, -0.2) is 0 Å². The van der Waals surface area contributed by atoms with E-state index in [0.29, 0.717) is 4.83 Å². The lowest BCUT2D eigenvalue weighted by Crippen LogP contribution is -2.04. The lowest BCUT2D eigenvalue weighted by Gasteiger charge is -2.20. The predicted molar refractivity (Wildman–Crippen MR) is 89.8 cm³/mol. The van der Waals surface area contributed by atoms with E-state index in [1.807, 2.05) is 0 Å². The summed E-state index contributed by atoms with van der Waals surface area (Å²) >= 11 is 3.90. The van der Waals surface area contributed by atoms with E-state index in [4.69, 9.17) is 0 Å². The van der Waals surface area contributed by atoms with Crippen LogP contribution in [0.3, 0.4) is 0 Å². The van der Waals surface area contributed by atoms with Crippen molar-refractivity contribution in [3.8, 4) is 0 Å². The molecule has 20 heavy (non-hydrogen) atoms. The number of rotatable bonds is 2. The molecular formula is C19H21Br. The summed E-state index contributed by atoms with van der Waals surface area (Å²) in [6, 6.07) is 13.8.